The average Bonchev–Trinajstić information content (AvgIpc) is 2.79. The van der Waals surface area contributed by atoms with Gasteiger partial charge >= 0.3 is 0 Å². The lowest BCUT2D eigenvalue weighted by atomic mass is 10.0. The molecule has 1 aliphatic heterocycles. The summed E-state index contributed by atoms with van der Waals surface area (Å²) in [6.45, 7) is 3.89. The summed E-state index contributed by atoms with van der Waals surface area (Å²) >= 11 is 6.26. The number of morpholine rings is 1. The van der Waals surface area contributed by atoms with Gasteiger partial charge in [-0.3, -0.25) is 9.89 Å². The summed E-state index contributed by atoms with van der Waals surface area (Å²) in [6.07, 6.45) is 0. The summed E-state index contributed by atoms with van der Waals surface area (Å²) in [6, 6.07) is 13.8. The van der Waals surface area contributed by atoms with Crippen LogP contribution in [-0.2, 0) is 4.74 Å². The van der Waals surface area contributed by atoms with Crippen molar-refractivity contribution in [3.8, 4) is 11.5 Å². The van der Waals surface area contributed by atoms with E-state index in [1.165, 1.54) is 5.56 Å². The summed E-state index contributed by atoms with van der Waals surface area (Å²) in [4.78, 5) is 6.77. The van der Waals surface area contributed by atoms with Gasteiger partial charge in [-0.15, -0.1) is 0 Å². The minimum absolute atomic E-state index is 0.150. The molecule has 2 aromatic rings. The van der Waals surface area contributed by atoms with Crippen molar-refractivity contribution in [2.24, 2.45) is 4.99 Å². The molecule has 162 valence electrons. The Kier molecular flexibility index (Phi) is 8.19. The fourth-order valence-electron chi connectivity index (χ4n) is 3.48. The molecular formula is C22H29ClN4O3. The van der Waals surface area contributed by atoms with Gasteiger partial charge in [0.25, 0.3) is 0 Å². The maximum Gasteiger partial charge on any atom is 0.195 e. The normalized spacial score (nSPS) is 16.1. The molecule has 0 saturated carbocycles. The van der Waals surface area contributed by atoms with Crippen LogP contribution in [0.2, 0.25) is 5.02 Å². The zero-order valence-electron chi connectivity index (χ0n) is 17.7. The molecule has 3 rings (SSSR count). The standard InChI is InChI=1S/C22H29ClN4O3/c1-24-22(26-18-7-8-20(28-2)21(14-18)29-3)25-15-19(27-9-11-30-12-10-27)16-5-4-6-17(23)13-16/h4-8,13-14,19H,9-12,15H2,1-3H3,(H2,24,25,26). The van der Waals surface area contributed by atoms with Crippen molar-refractivity contribution in [3.05, 3.63) is 53.1 Å². The van der Waals surface area contributed by atoms with Crippen molar-refractivity contribution in [3.63, 3.8) is 0 Å². The molecule has 0 amide bonds. The molecule has 1 fully saturated rings. The molecular weight excluding hydrogens is 404 g/mol. The first-order valence-corrected chi connectivity index (χ1v) is 10.3. The lowest BCUT2D eigenvalue weighted by Crippen LogP contribution is -2.44. The number of nitrogens with one attached hydrogen (secondary N) is 2. The lowest BCUT2D eigenvalue weighted by molar-refractivity contribution is 0.0170. The van der Waals surface area contributed by atoms with Gasteiger partial charge in [-0.2, -0.15) is 0 Å². The van der Waals surface area contributed by atoms with Crippen molar-refractivity contribution >= 4 is 23.2 Å². The Labute approximate surface area is 183 Å². The summed E-state index contributed by atoms with van der Waals surface area (Å²) in [5.41, 5.74) is 2.02. The Morgan fingerprint density at radius 3 is 2.57 bits per heavy atom. The lowest BCUT2D eigenvalue weighted by Gasteiger charge is -2.35. The van der Waals surface area contributed by atoms with E-state index in [9.17, 15) is 0 Å². The first-order valence-electron chi connectivity index (χ1n) is 9.91. The Bertz CT molecular complexity index is 856. The van der Waals surface area contributed by atoms with Crippen LogP contribution in [0.3, 0.4) is 0 Å². The molecule has 0 aliphatic carbocycles. The van der Waals surface area contributed by atoms with Gasteiger partial charge in [-0.05, 0) is 29.8 Å². The summed E-state index contributed by atoms with van der Waals surface area (Å²) in [5, 5.41) is 7.49. The van der Waals surface area contributed by atoms with E-state index in [1.807, 2.05) is 36.4 Å². The molecule has 1 atom stereocenters. The van der Waals surface area contributed by atoms with Crippen LogP contribution in [0.1, 0.15) is 11.6 Å². The second kappa shape index (κ2) is 11.1. The largest absolute Gasteiger partial charge is 0.493 e. The minimum Gasteiger partial charge on any atom is -0.493 e. The predicted octanol–water partition coefficient (Wildman–Crippen LogP) is 3.42. The highest BCUT2D eigenvalue weighted by Crippen LogP contribution is 2.30. The van der Waals surface area contributed by atoms with E-state index >= 15 is 0 Å². The molecule has 1 aliphatic rings. The van der Waals surface area contributed by atoms with Crippen LogP contribution in [0.25, 0.3) is 0 Å². The van der Waals surface area contributed by atoms with Gasteiger partial charge in [-0.25, -0.2) is 0 Å². The van der Waals surface area contributed by atoms with Gasteiger partial charge in [0.2, 0.25) is 0 Å². The van der Waals surface area contributed by atoms with Crippen LogP contribution in [0.15, 0.2) is 47.5 Å². The van der Waals surface area contributed by atoms with E-state index in [2.05, 4.69) is 26.6 Å². The molecule has 0 bridgehead atoms. The van der Waals surface area contributed by atoms with E-state index in [4.69, 9.17) is 25.8 Å². The van der Waals surface area contributed by atoms with Gasteiger partial charge in [0.05, 0.1) is 33.5 Å². The highest BCUT2D eigenvalue weighted by atomic mass is 35.5. The molecule has 0 aromatic heterocycles. The van der Waals surface area contributed by atoms with Crippen molar-refractivity contribution in [1.29, 1.82) is 0 Å². The molecule has 8 heteroatoms. The molecule has 1 heterocycles. The summed E-state index contributed by atoms with van der Waals surface area (Å²) in [5.74, 6) is 2.00. The zero-order valence-corrected chi connectivity index (χ0v) is 18.4. The number of rotatable bonds is 7. The highest BCUT2D eigenvalue weighted by Gasteiger charge is 2.23. The number of ether oxygens (including phenoxy) is 3. The van der Waals surface area contributed by atoms with Gasteiger partial charge in [0.1, 0.15) is 0 Å². The van der Waals surface area contributed by atoms with Crippen LogP contribution in [0.4, 0.5) is 5.69 Å². The summed E-state index contributed by atoms with van der Waals surface area (Å²) in [7, 11) is 4.99. The number of hydrogen-bond acceptors (Lipinski definition) is 5. The minimum atomic E-state index is 0.150. The molecule has 1 unspecified atom stereocenters. The maximum atomic E-state index is 6.26. The Morgan fingerprint density at radius 1 is 1.13 bits per heavy atom. The second-order valence-electron chi connectivity index (χ2n) is 6.87. The van der Waals surface area contributed by atoms with E-state index in [-0.39, 0.29) is 6.04 Å². The van der Waals surface area contributed by atoms with Crippen molar-refractivity contribution < 1.29 is 14.2 Å². The van der Waals surface area contributed by atoms with Gasteiger partial charge in [-0.1, -0.05) is 23.7 Å². The van der Waals surface area contributed by atoms with Crippen LogP contribution < -0.4 is 20.1 Å². The highest BCUT2D eigenvalue weighted by molar-refractivity contribution is 6.30. The van der Waals surface area contributed by atoms with E-state index in [0.29, 0.717) is 24.0 Å². The molecule has 1 saturated heterocycles. The number of hydrogen-bond donors (Lipinski definition) is 2. The van der Waals surface area contributed by atoms with Crippen molar-refractivity contribution in [2.45, 2.75) is 6.04 Å². The first kappa shape index (κ1) is 22.2. The zero-order chi connectivity index (χ0) is 21.3. The number of nitrogens with zero attached hydrogens (tertiary/aromatic N) is 2. The molecule has 2 aromatic carbocycles. The first-order chi connectivity index (χ1) is 14.6. The molecule has 2 N–H and O–H groups in total. The van der Waals surface area contributed by atoms with Crippen LogP contribution in [0.5, 0.6) is 11.5 Å². The van der Waals surface area contributed by atoms with Gasteiger partial charge in [0.15, 0.2) is 17.5 Å². The Hall–Kier alpha value is -2.48. The molecule has 0 spiro atoms. The van der Waals surface area contributed by atoms with Crippen molar-refractivity contribution in [2.75, 3.05) is 59.4 Å². The monoisotopic (exact) mass is 432 g/mol. The van der Waals surface area contributed by atoms with Gasteiger partial charge < -0.3 is 24.8 Å². The fraction of sp³-hybridized carbons (Fsp3) is 0.409. The molecule has 0 radical (unpaired) electrons. The third-order valence-corrected chi connectivity index (χ3v) is 5.29. The van der Waals surface area contributed by atoms with Crippen LogP contribution in [-0.4, -0.2) is 65.0 Å². The van der Waals surface area contributed by atoms with Gasteiger partial charge in [0, 0.05) is 43.5 Å². The molecule has 30 heavy (non-hydrogen) atoms. The Balaban J connectivity index is 1.71. The van der Waals surface area contributed by atoms with Crippen LogP contribution >= 0.6 is 11.6 Å². The maximum absolute atomic E-state index is 6.26. The third kappa shape index (κ3) is 5.78. The quantitative estimate of drug-likeness (QED) is 0.516. The van der Waals surface area contributed by atoms with E-state index in [1.54, 1.807) is 21.3 Å². The second-order valence-corrected chi connectivity index (χ2v) is 7.30. The average molecular weight is 433 g/mol. The number of aliphatic imine (C=N–C) groups is 1. The summed E-state index contributed by atoms with van der Waals surface area (Å²) < 4.78 is 16.2. The fourth-order valence-corrected chi connectivity index (χ4v) is 3.68. The number of benzene rings is 2. The Morgan fingerprint density at radius 2 is 1.90 bits per heavy atom. The van der Waals surface area contributed by atoms with E-state index in [0.717, 1.165) is 37.0 Å². The smallest absolute Gasteiger partial charge is 0.195 e. The number of methoxy groups -OCH3 is 2. The van der Waals surface area contributed by atoms with Crippen LogP contribution in [0, 0.1) is 0 Å². The number of halogens is 1. The predicted molar refractivity (Wildman–Crippen MR) is 121 cm³/mol. The van der Waals surface area contributed by atoms with Crippen molar-refractivity contribution in [1.82, 2.24) is 10.2 Å². The molecule has 7 nitrogen and oxygen atoms in total. The number of anilines is 1. The SMILES string of the molecule is CN=C(NCC(c1cccc(Cl)c1)N1CCOCC1)Nc1ccc(OC)c(OC)c1. The topological polar surface area (TPSA) is 67.4 Å². The number of guanidine groups is 1. The third-order valence-electron chi connectivity index (χ3n) is 5.05. The van der Waals surface area contributed by atoms with E-state index < -0.39 is 0 Å².